The molecule has 10 nitrogen and oxygen atoms in total. The van der Waals surface area contributed by atoms with Gasteiger partial charge in [0.25, 0.3) is 0 Å². The highest BCUT2D eigenvalue weighted by molar-refractivity contribution is 7.59. The van der Waals surface area contributed by atoms with Crippen LogP contribution in [0.2, 0.25) is 0 Å². The van der Waals surface area contributed by atoms with Crippen LogP contribution in [0.1, 0.15) is 52.3 Å². The number of Topliss-reactive ketones (excluding diaryl/α,β-unsaturated/α-hetero) is 1. The average Bonchev–Trinajstić information content (AvgIpc) is 3.23. The molecular weight excluding hydrogens is 500 g/mol. The molecule has 3 N–H and O–H groups in total. The normalized spacial score (nSPS) is 12.4. The Labute approximate surface area is 227 Å². The van der Waals surface area contributed by atoms with E-state index in [9.17, 15) is 14.7 Å². The fourth-order valence-corrected chi connectivity index (χ4v) is 3.40. The molecule has 1 heterocycles. The molecule has 0 spiro atoms. The topological polar surface area (TPSA) is 131 Å². The molecule has 0 aliphatic heterocycles. The number of aryl methyl sites for hydroxylation is 1. The van der Waals surface area contributed by atoms with Crippen molar-refractivity contribution < 1.29 is 19.4 Å². The number of aromatic nitrogens is 3. The summed E-state index contributed by atoms with van der Waals surface area (Å²) in [5.41, 5.74) is 1.70. The summed E-state index contributed by atoms with van der Waals surface area (Å²) in [6.45, 7) is 7.65. The number of aliphatic hydroxyl groups is 1. The fraction of sp³-hybridized carbons (Fsp3) is 0.542. The number of benzene rings is 1. The predicted molar refractivity (Wildman–Crippen MR) is 152 cm³/mol. The van der Waals surface area contributed by atoms with Crippen molar-refractivity contribution >= 4 is 50.7 Å². The van der Waals surface area contributed by atoms with Crippen LogP contribution in [0.25, 0.3) is 5.69 Å². The molecule has 0 bridgehead atoms. The Hall–Kier alpha value is -2.57. The fourth-order valence-electron chi connectivity index (χ4n) is 3.40. The zero-order valence-electron chi connectivity index (χ0n) is 21.6. The molecule has 0 saturated carbocycles. The van der Waals surface area contributed by atoms with Crippen LogP contribution in [-0.2, 0) is 9.59 Å². The average molecular weight is 541 g/mol. The van der Waals surface area contributed by atoms with Crippen molar-refractivity contribution in [1.29, 1.82) is 0 Å². The van der Waals surface area contributed by atoms with Gasteiger partial charge in [-0.2, -0.15) is 27.0 Å². The van der Waals surface area contributed by atoms with Gasteiger partial charge < -0.3 is 20.5 Å². The molecule has 0 saturated heterocycles. The van der Waals surface area contributed by atoms with Crippen LogP contribution < -0.4 is 15.4 Å². The maximum absolute atomic E-state index is 12.5. The summed E-state index contributed by atoms with van der Waals surface area (Å²) in [5.74, 6) is 0.926. The van der Waals surface area contributed by atoms with E-state index in [4.69, 9.17) is 4.74 Å². The van der Waals surface area contributed by atoms with Crippen LogP contribution in [0.15, 0.2) is 29.5 Å². The molecule has 202 valence electrons. The smallest absolute Gasteiger partial charge is 0.249 e. The van der Waals surface area contributed by atoms with Gasteiger partial charge in [0.2, 0.25) is 5.91 Å². The summed E-state index contributed by atoms with van der Waals surface area (Å²) in [7, 11) is 1.62. The van der Waals surface area contributed by atoms with E-state index < -0.39 is 18.1 Å². The van der Waals surface area contributed by atoms with Crippen molar-refractivity contribution in [1.82, 2.24) is 20.1 Å². The number of unbranched alkanes of at least 4 members (excludes halogenated alkanes) is 2. The number of hydrogen-bond donors (Lipinski definition) is 3. The highest BCUT2D eigenvalue weighted by atomic mass is 32.1. The highest BCUT2D eigenvalue weighted by Crippen LogP contribution is 2.26. The van der Waals surface area contributed by atoms with Gasteiger partial charge in [-0.1, -0.05) is 20.3 Å². The van der Waals surface area contributed by atoms with Crippen molar-refractivity contribution in [3.63, 3.8) is 0 Å². The number of nitrogens with zero attached hydrogens (tertiary/aromatic N) is 4. The van der Waals surface area contributed by atoms with Gasteiger partial charge in [0.05, 0.1) is 30.9 Å². The van der Waals surface area contributed by atoms with Crippen LogP contribution in [0.3, 0.4) is 0 Å². The lowest BCUT2D eigenvalue weighted by Gasteiger charge is -2.22. The van der Waals surface area contributed by atoms with Crippen LogP contribution in [0, 0.1) is 12.8 Å². The zero-order chi connectivity index (χ0) is 25.1. The number of ketones is 1. The number of anilines is 1. The molecule has 1 aromatic heterocycles. The monoisotopic (exact) mass is 540 g/mol. The molecule has 1 aromatic carbocycles. The molecule has 1 amide bonds. The summed E-state index contributed by atoms with van der Waals surface area (Å²) >= 11 is 0. The third kappa shape index (κ3) is 10.2. The van der Waals surface area contributed by atoms with Gasteiger partial charge in [-0.25, -0.2) is 0 Å². The molecule has 0 fully saturated rings. The number of aliphatic imine (C=N–C) groups is 1. The summed E-state index contributed by atoms with van der Waals surface area (Å²) in [6.07, 6.45) is 4.98. The van der Waals surface area contributed by atoms with E-state index in [1.807, 2.05) is 43.5 Å². The second kappa shape index (κ2) is 17.0. The zero-order valence-corrected chi connectivity index (χ0v) is 23.6. The number of carbonyl (C=O) groups excluding carboxylic acids is 2. The number of aliphatic hydroxyl groups excluding tert-OH is 1. The Morgan fingerprint density at radius 2 is 1.92 bits per heavy atom. The summed E-state index contributed by atoms with van der Waals surface area (Å²) in [5, 5.41) is 23.2. The summed E-state index contributed by atoms with van der Waals surface area (Å²) in [4.78, 5) is 28.6. The van der Waals surface area contributed by atoms with Crippen molar-refractivity contribution in [2.75, 3.05) is 19.0 Å². The van der Waals surface area contributed by atoms with Crippen molar-refractivity contribution in [2.45, 2.75) is 65.5 Å². The Morgan fingerprint density at radius 3 is 2.50 bits per heavy atom. The van der Waals surface area contributed by atoms with E-state index in [-0.39, 0.29) is 38.7 Å². The van der Waals surface area contributed by atoms with Gasteiger partial charge >= 0.3 is 0 Å². The van der Waals surface area contributed by atoms with Crippen molar-refractivity contribution in [3.05, 3.63) is 30.4 Å². The van der Waals surface area contributed by atoms with Crippen molar-refractivity contribution in [3.8, 4) is 11.4 Å². The van der Waals surface area contributed by atoms with Crippen LogP contribution >= 0.6 is 27.0 Å². The number of ether oxygens (including phenoxy) is 1. The molecule has 12 heteroatoms. The number of rotatable bonds is 14. The lowest BCUT2D eigenvalue weighted by atomic mass is 9.96. The number of nitrogens with one attached hydrogen (secondary N) is 2. The first-order valence-corrected chi connectivity index (χ1v) is 11.6. The maximum atomic E-state index is 12.5. The Balaban J connectivity index is 0.00000612. The SMILES string of the molecule is COc1ccc(-n2cnnc2C)c(NC=NCCCCCC(=O)[C@@H](NC(=O)[C@H](C)O)C(C)C)c1.S.S. The predicted octanol–water partition coefficient (Wildman–Crippen LogP) is 2.90. The van der Waals surface area contributed by atoms with Gasteiger partial charge in [-0.15, -0.1) is 10.2 Å². The second-order valence-electron chi connectivity index (χ2n) is 8.49. The van der Waals surface area contributed by atoms with E-state index in [0.29, 0.717) is 13.0 Å². The minimum absolute atomic E-state index is 0. The maximum Gasteiger partial charge on any atom is 0.249 e. The first kappa shape index (κ1) is 33.4. The number of methoxy groups -OCH3 is 1. The largest absolute Gasteiger partial charge is 0.497 e. The second-order valence-corrected chi connectivity index (χ2v) is 8.49. The minimum atomic E-state index is -1.13. The van der Waals surface area contributed by atoms with Gasteiger partial charge in [-0.3, -0.25) is 19.1 Å². The first-order valence-electron chi connectivity index (χ1n) is 11.6. The molecule has 0 aliphatic rings. The van der Waals surface area contributed by atoms with Crippen molar-refractivity contribution in [2.24, 2.45) is 10.9 Å². The van der Waals surface area contributed by atoms with Gasteiger partial charge in [0, 0.05) is 19.0 Å². The Kier molecular flexibility index (Phi) is 15.8. The summed E-state index contributed by atoms with van der Waals surface area (Å²) < 4.78 is 7.20. The van der Waals surface area contributed by atoms with Gasteiger partial charge in [0.15, 0.2) is 5.78 Å². The molecule has 2 rings (SSSR count). The third-order valence-corrected chi connectivity index (χ3v) is 5.39. The van der Waals surface area contributed by atoms with E-state index in [1.54, 1.807) is 19.8 Å². The molecule has 36 heavy (non-hydrogen) atoms. The lowest BCUT2D eigenvalue weighted by molar-refractivity contribution is -0.133. The number of hydrogen-bond acceptors (Lipinski definition) is 7. The summed E-state index contributed by atoms with van der Waals surface area (Å²) in [6, 6.07) is 5.11. The quantitative estimate of drug-likeness (QED) is 0.191. The number of amides is 1. The molecule has 2 aromatic rings. The minimum Gasteiger partial charge on any atom is -0.497 e. The van der Waals surface area contributed by atoms with Gasteiger partial charge in [-0.05, 0) is 44.7 Å². The first-order chi connectivity index (χ1) is 16.2. The Morgan fingerprint density at radius 1 is 1.19 bits per heavy atom. The van der Waals surface area contributed by atoms with Crippen LogP contribution in [0.4, 0.5) is 5.69 Å². The molecular formula is C24H40N6O4S2. The highest BCUT2D eigenvalue weighted by Gasteiger charge is 2.24. The van der Waals surface area contributed by atoms with Crippen LogP contribution in [-0.4, -0.2) is 63.7 Å². The van der Waals surface area contributed by atoms with E-state index in [1.165, 1.54) is 6.92 Å². The molecule has 0 unspecified atom stereocenters. The standard InChI is InChI=1S/C24H36N6O4.2H2S/c1-16(2)23(28-24(33)17(3)31)22(32)9-7-6-8-12-25-14-26-20-13-19(34-5)10-11-21(20)30-15-27-29-18(30)4;;/h10-11,13-17,23,31H,6-9,12H2,1-5H3,(H,25,26)(H,28,33);2*1H2/t17-,23-;;/m0../s1. The van der Waals surface area contributed by atoms with Gasteiger partial charge in [0.1, 0.15) is 24.0 Å². The third-order valence-electron chi connectivity index (χ3n) is 5.39. The molecule has 2 atom stereocenters. The molecule has 0 radical (unpaired) electrons. The van der Waals surface area contributed by atoms with E-state index >= 15 is 0 Å². The Bertz CT molecular complexity index is 981. The van der Waals surface area contributed by atoms with Crippen LogP contribution in [0.5, 0.6) is 5.75 Å². The molecule has 0 aliphatic carbocycles. The van der Waals surface area contributed by atoms with E-state index in [0.717, 1.165) is 42.2 Å². The lowest BCUT2D eigenvalue weighted by Crippen LogP contribution is -2.47. The number of carbonyl (C=O) groups is 2. The van der Waals surface area contributed by atoms with E-state index in [2.05, 4.69) is 25.8 Å².